The maximum atomic E-state index is 10.5. The van der Waals surface area contributed by atoms with Gasteiger partial charge in [0.05, 0.1) is 6.61 Å². The van der Waals surface area contributed by atoms with Gasteiger partial charge in [-0.25, -0.2) is 4.98 Å². The summed E-state index contributed by atoms with van der Waals surface area (Å²) < 4.78 is 6.44. The van der Waals surface area contributed by atoms with Gasteiger partial charge in [-0.3, -0.25) is 4.79 Å². The van der Waals surface area contributed by atoms with Gasteiger partial charge in [0.25, 0.3) is 5.95 Å². The van der Waals surface area contributed by atoms with Gasteiger partial charge in [0.1, 0.15) is 19.3 Å². The Labute approximate surface area is 120 Å². The van der Waals surface area contributed by atoms with Crippen molar-refractivity contribution in [2.45, 2.75) is 0 Å². The second-order valence-electron chi connectivity index (χ2n) is 3.82. The minimum Gasteiger partial charge on any atom is -0.370 e. The highest BCUT2D eigenvalue weighted by Crippen LogP contribution is 2.07. The summed E-state index contributed by atoms with van der Waals surface area (Å²) in [6.07, 6.45) is 2.86. The zero-order chi connectivity index (χ0) is 15.1. The lowest BCUT2D eigenvalue weighted by molar-refractivity contribution is -0.122. The van der Waals surface area contributed by atoms with E-state index in [1.54, 1.807) is 7.05 Å². The zero-order valence-electron chi connectivity index (χ0n) is 11.4. The molecule has 112 valence electrons. The van der Waals surface area contributed by atoms with Gasteiger partial charge in [-0.15, -0.1) is 0 Å². The summed E-state index contributed by atoms with van der Waals surface area (Å²) >= 11 is 0. The molecule has 0 saturated heterocycles. The molecule has 11 nitrogen and oxygen atoms in total. The molecular formula is C10H15N9O2. The van der Waals surface area contributed by atoms with E-state index in [0.29, 0.717) is 31.0 Å². The van der Waals surface area contributed by atoms with Gasteiger partial charge in [-0.2, -0.15) is 24.7 Å². The number of rotatable bonds is 8. The van der Waals surface area contributed by atoms with Crippen molar-refractivity contribution in [2.75, 3.05) is 37.4 Å². The first-order valence-electron chi connectivity index (χ1n) is 6.08. The van der Waals surface area contributed by atoms with Crippen LogP contribution < -0.4 is 16.4 Å². The van der Waals surface area contributed by atoms with E-state index >= 15 is 0 Å². The Balaban J connectivity index is 1.99. The van der Waals surface area contributed by atoms with Crippen LogP contribution in [0.25, 0.3) is 5.95 Å². The van der Waals surface area contributed by atoms with Crippen molar-refractivity contribution < 1.29 is 9.53 Å². The van der Waals surface area contributed by atoms with E-state index in [1.807, 2.05) is 0 Å². The van der Waals surface area contributed by atoms with E-state index in [1.165, 1.54) is 17.3 Å². The molecule has 1 amide bonds. The van der Waals surface area contributed by atoms with Crippen LogP contribution in [-0.2, 0) is 9.53 Å². The normalized spacial score (nSPS) is 10.3. The third-order valence-electron chi connectivity index (χ3n) is 2.24. The van der Waals surface area contributed by atoms with Crippen molar-refractivity contribution in [3.05, 3.63) is 12.7 Å². The number of carbonyl (C=O) groups is 1. The van der Waals surface area contributed by atoms with Gasteiger partial charge < -0.3 is 21.1 Å². The van der Waals surface area contributed by atoms with Crippen LogP contribution in [0.2, 0.25) is 0 Å². The van der Waals surface area contributed by atoms with Crippen LogP contribution in [0.15, 0.2) is 12.7 Å². The summed E-state index contributed by atoms with van der Waals surface area (Å²) in [4.78, 5) is 26.8. The summed E-state index contributed by atoms with van der Waals surface area (Å²) in [5, 5.41) is 9.74. The summed E-state index contributed by atoms with van der Waals surface area (Å²) in [5.74, 6) is 0.548. The summed E-state index contributed by atoms with van der Waals surface area (Å²) in [5.41, 5.74) is 4.96. The number of amides is 1. The second-order valence-corrected chi connectivity index (χ2v) is 3.82. The van der Waals surface area contributed by atoms with Crippen LogP contribution in [0.1, 0.15) is 0 Å². The lowest BCUT2D eigenvalue weighted by Crippen LogP contribution is -2.21. The highest BCUT2D eigenvalue weighted by molar-refractivity contribution is 5.74. The van der Waals surface area contributed by atoms with Crippen LogP contribution in [0, 0.1) is 0 Å². The molecule has 0 aliphatic carbocycles. The van der Waals surface area contributed by atoms with Crippen LogP contribution in [0.3, 0.4) is 0 Å². The monoisotopic (exact) mass is 293 g/mol. The first-order valence-corrected chi connectivity index (χ1v) is 6.08. The number of ether oxygens (including phenoxy) is 1. The zero-order valence-corrected chi connectivity index (χ0v) is 11.4. The van der Waals surface area contributed by atoms with Crippen molar-refractivity contribution in [3.8, 4) is 5.95 Å². The molecule has 0 atom stereocenters. The molecule has 0 saturated carbocycles. The molecule has 0 unspecified atom stereocenters. The highest BCUT2D eigenvalue weighted by Gasteiger charge is 2.07. The molecule has 0 bridgehead atoms. The van der Waals surface area contributed by atoms with Gasteiger partial charge in [0, 0.05) is 13.6 Å². The van der Waals surface area contributed by atoms with Crippen molar-refractivity contribution >= 4 is 17.8 Å². The first kappa shape index (κ1) is 14.6. The molecule has 0 aliphatic rings. The Morgan fingerprint density at radius 1 is 1.38 bits per heavy atom. The quantitative estimate of drug-likeness (QED) is 0.490. The average Bonchev–Trinajstić information content (AvgIpc) is 3.00. The van der Waals surface area contributed by atoms with E-state index in [4.69, 9.17) is 10.5 Å². The summed E-state index contributed by atoms with van der Waals surface area (Å²) in [7, 11) is 1.69. The molecule has 0 radical (unpaired) electrons. The molecule has 0 aliphatic heterocycles. The van der Waals surface area contributed by atoms with Crippen molar-refractivity contribution in [1.82, 2.24) is 29.7 Å². The number of carbonyl (C=O) groups excluding carboxylic acids is 1. The van der Waals surface area contributed by atoms with Gasteiger partial charge in [0.2, 0.25) is 17.8 Å². The minimum atomic E-state index is -0.513. The SMILES string of the molecule is CNc1nc(NCCOCC(N)=O)nc(-n2cncn2)n1. The number of primary amides is 1. The van der Waals surface area contributed by atoms with E-state index < -0.39 is 5.91 Å². The van der Waals surface area contributed by atoms with Crippen molar-refractivity contribution in [1.29, 1.82) is 0 Å². The molecule has 11 heteroatoms. The van der Waals surface area contributed by atoms with E-state index in [9.17, 15) is 4.79 Å². The fourth-order valence-electron chi connectivity index (χ4n) is 1.38. The van der Waals surface area contributed by atoms with Crippen LogP contribution in [-0.4, -0.2) is 62.4 Å². The molecule has 2 heterocycles. The van der Waals surface area contributed by atoms with Gasteiger partial charge in [0.15, 0.2) is 0 Å². The second kappa shape index (κ2) is 7.09. The molecule has 0 aromatic carbocycles. The maximum Gasteiger partial charge on any atom is 0.258 e. The fraction of sp³-hybridized carbons (Fsp3) is 0.400. The number of nitrogens with one attached hydrogen (secondary N) is 2. The number of aromatic nitrogens is 6. The van der Waals surface area contributed by atoms with Gasteiger partial charge in [-0.1, -0.05) is 0 Å². The Kier molecular flexibility index (Phi) is 4.93. The van der Waals surface area contributed by atoms with Gasteiger partial charge >= 0.3 is 0 Å². The number of nitrogens with zero attached hydrogens (tertiary/aromatic N) is 6. The largest absolute Gasteiger partial charge is 0.370 e. The predicted molar refractivity (Wildman–Crippen MR) is 72.8 cm³/mol. The fourth-order valence-corrected chi connectivity index (χ4v) is 1.38. The standard InChI is InChI=1S/C10H15N9O2/c1-12-8-16-9(14-2-3-21-4-7(11)20)18-10(17-8)19-6-13-5-15-19/h5-6H,2-4H2,1H3,(H2,11,20)(H2,12,14,16,17,18). The molecule has 0 fully saturated rings. The third kappa shape index (κ3) is 4.35. The number of hydrogen-bond acceptors (Lipinski definition) is 9. The highest BCUT2D eigenvalue weighted by atomic mass is 16.5. The third-order valence-corrected chi connectivity index (χ3v) is 2.24. The van der Waals surface area contributed by atoms with Crippen LogP contribution >= 0.6 is 0 Å². The number of hydrogen-bond donors (Lipinski definition) is 3. The Morgan fingerprint density at radius 3 is 2.86 bits per heavy atom. The summed E-state index contributed by atoms with van der Waals surface area (Å²) in [6.45, 7) is 0.588. The van der Waals surface area contributed by atoms with Crippen molar-refractivity contribution in [2.24, 2.45) is 5.73 Å². The van der Waals surface area contributed by atoms with E-state index in [-0.39, 0.29) is 6.61 Å². The number of anilines is 2. The Bertz CT molecular complexity index is 586. The molecule has 2 rings (SSSR count). The lowest BCUT2D eigenvalue weighted by atomic mass is 10.6. The molecular weight excluding hydrogens is 278 g/mol. The first-order chi connectivity index (χ1) is 10.2. The molecule has 2 aromatic heterocycles. The molecule has 0 spiro atoms. The number of nitrogens with two attached hydrogens (primary N) is 1. The summed E-state index contributed by atoms with van der Waals surface area (Å²) in [6, 6.07) is 0. The smallest absolute Gasteiger partial charge is 0.258 e. The molecule has 21 heavy (non-hydrogen) atoms. The van der Waals surface area contributed by atoms with Crippen molar-refractivity contribution in [3.63, 3.8) is 0 Å². The molecule has 4 N–H and O–H groups in total. The maximum absolute atomic E-state index is 10.5. The Hall–Kier alpha value is -2.82. The van der Waals surface area contributed by atoms with Gasteiger partial charge in [-0.05, 0) is 0 Å². The molecule has 2 aromatic rings. The lowest BCUT2D eigenvalue weighted by Gasteiger charge is -2.08. The van der Waals surface area contributed by atoms with Crippen LogP contribution in [0.5, 0.6) is 0 Å². The topological polar surface area (TPSA) is 146 Å². The Morgan fingerprint density at radius 2 is 2.19 bits per heavy atom. The van der Waals surface area contributed by atoms with Crippen LogP contribution in [0.4, 0.5) is 11.9 Å². The minimum absolute atomic E-state index is 0.120. The van der Waals surface area contributed by atoms with E-state index in [0.717, 1.165) is 0 Å². The predicted octanol–water partition coefficient (Wildman–Crippen LogP) is -1.59. The van der Waals surface area contributed by atoms with E-state index in [2.05, 4.69) is 35.7 Å². The average molecular weight is 293 g/mol.